The summed E-state index contributed by atoms with van der Waals surface area (Å²) < 4.78 is 0. The number of aliphatic hydroxyl groups is 2. The number of carboxylic acid groups (broad SMARTS) is 2. The van der Waals surface area contributed by atoms with Gasteiger partial charge in [-0.25, -0.2) is 9.59 Å². The molecular formula is C21H29N3O6. The van der Waals surface area contributed by atoms with Crippen LogP contribution in [0.4, 0.5) is 0 Å². The number of aliphatic carboxylic acids is 2. The van der Waals surface area contributed by atoms with Crippen LogP contribution in [0.15, 0.2) is 24.4 Å². The summed E-state index contributed by atoms with van der Waals surface area (Å²) in [6.07, 6.45) is 1.33. The minimum Gasteiger partial charge on any atom is -0.479 e. The molecule has 2 aromatic rings. The Morgan fingerprint density at radius 3 is 2.50 bits per heavy atom. The zero-order valence-electron chi connectivity index (χ0n) is 16.9. The summed E-state index contributed by atoms with van der Waals surface area (Å²) in [5.41, 5.74) is 10.2. The van der Waals surface area contributed by atoms with Gasteiger partial charge in [0.2, 0.25) is 0 Å². The lowest BCUT2D eigenvalue weighted by Crippen LogP contribution is -2.48. The SMILES string of the molecule is CN1C[C@H](CCN)C[C@@H]2c3cccc4[nH]cc(c34)C[C@H]21.O=C(O)[C@H](O)[C@@H](O)C(=O)O. The van der Waals surface area contributed by atoms with Crippen molar-refractivity contribution in [2.45, 2.75) is 43.4 Å². The van der Waals surface area contributed by atoms with Gasteiger partial charge in [0.05, 0.1) is 0 Å². The number of fused-ring (bicyclic) bond motifs is 2. The number of nitrogens with one attached hydrogen (secondary N) is 1. The smallest absolute Gasteiger partial charge is 0.335 e. The van der Waals surface area contributed by atoms with Crippen LogP contribution in [0.5, 0.6) is 0 Å². The van der Waals surface area contributed by atoms with Crippen LogP contribution in [0.1, 0.15) is 29.9 Å². The molecule has 0 bridgehead atoms. The number of H-pyrrole nitrogens is 1. The number of hydrogen-bond donors (Lipinski definition) is 6. The van der Waals surface area contributed by atoms with Crippen LogP contribution < -0.4 is 5.73 Å². The first-order chi connectivity index (χ1) is 14.2. The van der Waals surface area contributed by atoms with E-state index < -0.39 is 24.1 Å². The van der Waals surface area contributed by atoms with Gasteiger partial charge in [-0.2, -0.15) is 0 Å². The highest BCUT2D eigenvalue weighted by Gasteiger charge is 2.38. The molecule has 9 nitrogen and oxygen atoms in total. The largest absolute Gasteiger partial charge is 0.479 e. The molecule has 1 aliphatic heterocycles. The Morgan fingerprint density at radius 1 is 1.23 bits per heavy atom. The number of benzene rings is 1. The number of carboxylic acids is 2. The quantitative estimate of drug-likeness (QED) is 0.405. The molecule has 0 radical (unpaired) electrons. The fourth-order valence-corrected chi connectivity index (χ4v) is 4.77. The molecule has 5 atom stereocenters. The second kappa shape index (κ2) is 9.13. The highest BCUT2D eigenvalue weighted by Crippen LogP contribution is 2.44. The first-order valence-electron chi connectivity index (χ1n) is 10.1. The summed E-state index contributed by atoms with van der Waals surface area (Å²) in [4.78, 5) is 25.6. The van der Waals surface area contributed by atoms with Crippen molar-refractivity contribution in [1.29, 1.82) is 0 Å². The van der Waals surface area contributed by atoms with Crippen molar-refractivity contribution in [1.82, 2.24) is 9.88 Å². The lowest BCUT2D eigenvalue weighted by atomic mass is 9.72. The van der Waals surface area contributed by atoms with Crippen LogP contribution in [0.2, 0.25) is 0 Å². The molecule has 1 fully saturated rings. The Hall–Kier alpha value is -2.46. The van der Waals surface area contributed by atoms with Crippen molar-refractivity contribution in [3.05, 3.63) is 35.5 Å². The molecular weight excluding hydrogens is 390 g/mol. The minimum absolute atomic E-state index is 0.665. The van der Waals surface area contributed by atoms with Crippen LogP contribution in [-0.4, -0.2) is 80.6 Å². The molecule has 1 saturated heterocycles. The number of piperidine rings is 1. The van der Waals surface area contributed by atoms with E-state index in [1.807, 2.05) is 0 Å². The van der Waals surface area contributed by atoms with E-state index in [1.165, 1.54) is 35.9 Å². The Balaban J connectivity index is 0.000000220. The van der Waals surface area contributed by atoms with Gasteiger partial charge >= 0.3 is 11.9 Å². The number of nitrogens with two attached hydrogens (primary N) is 1. The molecule has 7 N–H and O–H groups in total. The van der Waals surface area contributed by atoms with Crippen molar-refractivity contribution >= 4 is 22.8 Å². The molecule has 0 unspecified atom stereocenters. The van der Waals surface area contributed by atoms with Crippen molar-refractivity contribution in [2.75, 3.05) is 20.1 Å². The summed E-state index contributed by atoms with van der Waals surface area (Å²) in [6, 6.07) is 7.41. The summed E-state index contributed by atoms with van der Waals surface area (Å²) in [6.45, 7) is 2.02. The molecule has 1 aromatic carbocycles. The number of aromatic amines is 1. The van der Waals surface area contributed by atoms with E-state index in [9.17, 15) is 9.59 Å². The molecule has 0 amide bonds. The van der Waals surface area contributed by atoms with Crippen molar-refractivity contribution in [3.8, 4) is 0 Å². The molecule has 2 heterocycles. The minimum atomic E-state index is -2.27. The van der Waals surface area contributed by atoms with Gasteiger partial charge in [0, 0.05) is 35.6 Å². The standard InChI is InChI=1S/C17H23N3.C4H6O6/c1-20-10-11(5-6-18)7-14-13-3-2-4-15-17(13)12(9-19-15)8-16(14)20;5-1(3(7)8)2(6)4(9)10/h2-4,9,11,14,16,19H,5-8,10,18H2,1H3;1-2,5-6H,(H,7,8)(H,9,10)/t11-,14-,16-;1-,2-/m11/s1. The van der Waals surface area contributed by atoms with E-state index in [2.05, 4.69) is 41.3 Å². The predicted octanol–water partition coefficient (Wildman–Crippen LogP) is 0.354. The predicted molar refractivity (Wildman–Crippen MR) is 110 cm³/mol. The van der Waals surface area contributed by atoms with E-state index in [4.69, 9.17) is 26.2 Å². The molecule has 4 rings (SSSR count). The fourth-order valence-electron chi connectivity index (χ4n) is 4.77. The average Bonchev–Trinajstić information content (AvgIpc) is 3.13. The highest BCUT2D eigenvalue weighted by atomic mass is 16.4. The van der Waals surface area contributed by atoms with Gasteiger partial charge in [0.25, 0.3) is 0 Å². The van der Waals surface area contributed by atoms with Gasteiger partial charge < -0.3 is 36.0 Å². The maximum atomic E-state index is 9.77. The Morgan fingerprint density at radius 2 is 1.90 bits per heavy atom. The number of aliphatic hydroxyl groups excluding tert-OH is 2. The Bertz CT molecular complexity index is 895. The second-order valence-corrected chi connectivity index (χ2v) is 8.15. The van der Waals surface area contributed by atoms with Crippen LogP contribution in [-0.2, 0) is 16.0 Å². The summed E-state index contributed by atoms with van der Waals surface area (Å²) in [5.74, 6) is -2.11. The zero-order chi connectivity index (χ0) is 22.0. The molecule has 1 aliphatic carbocycles. The van der Waals surface area contributed by atoms with Crippen molar-refractivity contribution in [3.63, 3.8) is 0 Å². The van der Waals surface area contributed by atoms with Gasteiger partial charge in [0.15, 0.2) is 12.2 Å². The maximum Gasteiger partial charge on any atom is 0.335 e. The number of nitrogens with zero attached hydrogens (tertiary/aromatic N) is 1. The lowest BCUT2D eigenvalue weighted by molar-refractivity contribution is -0.165. The van der Waals surface area contributed by atoms with Crippen molar-refractivity contribution in [2.24, 2.45) is 11.7 Å². The molecule has 9 heteroatoms. The number of likely N-dealkylation sites (tertiary alicyclic amines) is 1. The number of likely N-dealkylation sites (N-methyl/N-ethyl adjacent to an activating group) is 1. The van der Waals surface area contributed by atoms with E-state index >= 15 is 0 Å². The third kappa shape index (κ3) is 4.34. The van der Waals surface area contributed by atoms with E-state index in [1.54, 1.807) is 5.56 Å². The molecule has 0 saturated carbocycles. The zero-order valence-corrected chi connectivity index (χ0v) is 16.9. The van der Waals surface area contributed by atoms with Gasteiger partial charge in [-0.1, -0.05) is 12.1 Å². The van der Waals surface area contributed by atoms with Crippen LogP contribution >= 0.6 is 0 Å². The summed E-state index contributed by atoms with van der Waals surface area (Å²) >= 11 is 0. The first-order valence-corrected chi connectivity index (χ1v) is 10.1. The molecule has 164 valence electrons. The molecule has 0 spiro atoms. The first kappa shape index (κ1) is 22.2. The third-order valence-electron chi connectivity index (χ3n) is 6.19. The van der Waals surface area contributed by atoms with E-state index in [0.29, 0.717) is 12.0 Å². The van der Waals surface area contributed by atoms with Gasteiger partial charge in [-0.3, -0.25) is 0 Å². The lowest BCUT2D eigenvalue weighted by Gasteiger charge is -2.45. The normalized spacial score (nSPS) is 25.0. The monoisotopic (exact) mass is 419 g/mol. The highest BCUT2D eigenvalue weighted by molar-refractivity contribution is 5.88. The van der Waals surface area contributed by atoms with E-state index in [0.717, 1.165) is 18.9 Å². The number of hydrogen-bond acceptors (Lipinski definition) is 6. The average molecular weight is 419 g/mol. The summed E-state index contributed by atoms with van der Waals surface area (Å²) in [5, 5.41) is 34.0. The number of carbonyl (C=O) groups is 2. The van der Waals surface area contributed by atoms with E-state index in [-0.39, 0.29) is 0 Å². The summed E-state index contributed by atoms with van der Waals surface area (Å²) in [7, 11) is 2.29. The molecule has 2 aliphatic rings. The van der Waals surface area contributed by atoms with Crippen LogP contribution in [0.3, 0.4) is 0 Å². The second-order valence-electron chi connectivity index (χ2n) is 8.15. The van der Waals surface area contributed by atoms with Crippen molar-refractivity contribution < 1.29 is 30.0 Å². The Kier molecular flexibility index (Phi) is 6.77. The topological polar surface area (TPSA) is 160 Å². The molecule has 30 heavy (non-hydrogen) atoms. The number of aromatic nitrogens is 1. The van der Waals surface area contributed by atoms with Gasteiger partial charge in [0.1, 0.15) is 0 Å². The molecule has 1 aromatic heterocycles. The number of rotatable bonds is 5. The van der Waals surface area contributed by atoms with Gasteiger partial charge in [-0.15, -0.1) is 0 Å². The van der Waals surface area contributed by atoms with Crippen LogP contribution in [0.25, 0.3) is 10.9 Å². The fraction of sp³-hybridized carbons (Fsp3) is 0.524. The van der Waals surface area contributed by atoms with Gasteiger partial charge in [-0.05, 0) is 56.0 Å². The maximum absolute atomic E-state index is 9.77. The Labute approximate surface area is 174 Å². The van der Waals surface area contributed by atoms with Crippen LogP contribution in [0, 0.1) is 5.92 Å². The third-order valence-corrected chi connectivity index (χ3v) is 6.19.